The Labute approximate surface area is 207 Å². The maximum Gasteiger partial charge on any atom is 0.294 e. The number of nitrogens with one attached hydrogen (secondary N) is 3. The number of benzene rings is 1. The van der Waals surface area contributed by atoms with E-state index in [0.717, 1.165) is 6.07 Å². The number of fused-ring (bicyclic) bond motifs is 1. The summed E-state index contributed by atoms with van der Waals surface area (Å²) in [4.78, 5) is 39.5. The summed E-state index contributed by atoms with van der Waals surface area (Å²) in [7, 11) is 0. The highest BCUT2D eigenvalue weighted by Gasteiger charge is 2.60. The summed E-state index contributed by atoms with van der Waals surface area (Å²) in [5.41, 5.74) is -0.518. The van der Waals surface area contributed by atoms with Crippen molar-refractivity contribution in [1.29, 1.82) is 5.26 Å². The first-order valence-electron chi connectivity index (χ1n) is 11.4. The Morgan fingerprint density at radius 3 is 2.65 bits per heavy atom. The van der Waals surface area contributed by atoms with E-state index in [2.05, 4.69) is 26.0 Å². The zero-order valence-electron chi connectivity index (χ0n) is 19.5. The second kappa shape index (κ2) is 8.58. The van der Waals surface area contributed by atoms with Crippen LogP contribution in [0, 0.1) is 24.1 Å². The molecule has 37 heavy (non-hydrogen) atoms. The fourth-order valence-electron chi connectivity index (χ4n) is 5.18. The Morgan fingerprint density at radius 2 is 2.00 bits per heavy atom. The van der Waals surface area contributed by atoms with Crippen LogP contribution in [0.2, 0.25) is 0 Å². The summed E-state index contributed by atoms with van der Waals surface area (Å²) in [6, 6.07) is 5.25. The van der Waals surface area contributed by atoms with Crippen molar-refractivity contribution < 1.29 is 27.6 Å². The number of carbonyl (C=O) groups excluding carboxylic acids is 3. The lowest BCUT2D eigenvalue weighted by molar-refractivity contribution is -0.148. The number of anilines is 1. The van der Waals surface area contributed by atoms with Crippen molar-refractivity contribution in [3.63, 3.8) is 0 Å². The summed E-state index contributed by atoms with van der Waals surface area (Å²) in [6.45, 7) is 1.91. The highest BCUT2D eigenvalue weighted by molar-refractivity contribution is 6.43. The fourth-order valence-corrected chi connectivity index (χ4v) is 5.18. The number of rotatable bonds is 6. The van der Waals surface area contributed by atoms with E-state index in [9.17, 15) is 27.6 Å². The quantitative estimate of drug-likeness (QED) is 0.343. The van der Waals surface area contributed by atoms with Gasteiger partial charge in [-0.2, -0.15) is 5.26 Å². The van der Waals surface area contributed by atoms with Crippen molar-refractivity contribution in [2.75, 3.05) is 5.32 Å². The molecule has 0 bridgehead atoms. The van der Waals surface area contributed by atoms with Gasteiger partial charge in [0.15, 0.2) is 0 Å². The number of hydrogen-bond donors (Lipinski definition) is 3. The largest absolute Gasteiger partial charge is 0.341 e. The molecule has 3 heterocycles. The van der Waals surface area contributed by atoms with Crippen LogP contribution in [-0.4, -0.2) is 43.5 Å². The summed E-state index contributed by atoms with van der Waals surface area (Å²) < 4.78 is 42.9. The SMILES string of the molecule is Cc1c(C(=O)Nc2ccc(F)c(C#N)c2)c2n(c1C(=O)C(=O)NC1(c3c[nH]nn3)CC(F)(F)C1)CCC2. The molecule has 1 aliphatic carbocycles. The van der Waals surface area contributed by atoms with E-state index >= 15 is 0 Å². The van der Waals surface area contributed by atoms with Gasteiger partial charge in [-0.1, -0.05) is 5.21 Å². The summed E-state index contributed by atoms with van der Waals surface area (Å²) in [5, 5.41) is 23.8. The molecule has 3 aromatic rings. The Hall–Kier alpha value is -4.47. The average molecular weight is 511 g/mol. The van der Waals surface area contributed by atoms with Gasteiger partial charge in [0, 0.05) is 37.0 Å². The normalized spacial score (nSPS) is 16.8. The highest BCUT2D eigenvalue weighted by atomic mass is 19.3. The number of ketones is 1. The molecule has 5 rings (SSSR count). The van der Waals surface area contributed by atoms with E-state index in [0.29, 0.717) is 25.1 Å². The molecule has 0 radical (unpaired) electrons. The number of nitrogens with zero attached hydrogens (tertiary/aromatic N) is 4. The topological polar surface area (TPSA) is 146 Å². The van der Waals surface area contributed by atoms with E-state index in [1.165, 1.54) is 25.3 Å². The van der Waals surface area contributed by atoms with Crippen molar-refractivity contribution in [3.05, 3.63) is 64.0 Å². The number of Topliss-reactive ketones (excluding diaryl/α,β-unsaturated/α-hetero) is 1. The van der Waals surface area contributed by atoms with Gasteiger partial charge in [-0.05, 0) is 43.5 Å². The molecular formula is C24H20F3N7O3. The zero-order chi connectivity index (χ0) is 26.5. The third kappa shape index (κ3) is 4.04. The lowest BCUT2D eigenvalue weighted by atomic mass is 9.71. The van der Waals surface area contributed by atoms with Crippen molar-refractivity contribution in [3.8, 4) is 6.07 Å². The van der Waals surface area contributed by atoms with Crippen LogP contribution in [0.5, 0.6) is 0 Å². The first kappa shape index (κ1) is 24.2. The van der Waals surface area contributed by atoms with Gasteiger partial charge >= 0.3 is 0 Å². The molecule has 1 fully saturated rings. The molecule has 2 amide bonds. The first-order chi connectivity index (χ1) is 17.5. The number of alkyl halides is 2. The molecule has 1 saturated carbocycles. The van der Waals surface area contributed by atoms with Crippen LogP contribution in [-0.2, 0) is 23.3 Å². The molecule has 0 spiro atoms. The highest BCUT2D eigenvalue weighted by Crippen LogP contribution is 2.51. The first-order valence-corrected chi connectivity index (χ1v) is 11.4. The summed E-state index contributed by atoms with van der Waals surface area (Å²) in [5.74, 6) is -6.41. The Kier molecular flexibility index (Phi) is 5.62. The van der Waals surface area contributed by atoms with Gasteiger partial charge in [-0.25, -0.2) is 13.2 Å². The monoisotopic (exact) mass is 511 g/mol. The molecule has 0 atom stereocenters. The molecule has 2 aliphatic rings. The van der Waals surface area contributed by atoms with Gasteiger partial charge in [0.1, 0.15) is 17.6 Å². The third-order valence-corrected chi connectivity index (χ3v) is 6.78. The molecule has 0 unspecified atom stereocenters. The Morgan fingerprint density at radius 1 is 1.24 bits per heavy atom. The predicted molar refractivity (Wildman–Crippen MR) is 121 cm³/mol. The smallest absolute Gasteiger partial charge is 0.294 e. The van der Waals surface area contributed by atoms with Gasteiger partial charge in [-0.3, -0.25) is 19.5 Å². The van der Waals surface area contributed by atoms with Crippen molar-refractivity contribution >= 4 is 23.3 Å². The molecule has 3 N–H and O–H groups in total. The van der Waals surface area contributed by atoms with E-state index in [4.69, 9.17) is 5.26 Å². The summed E-state index contributed by atoms with van der Waals surface area (Å²) in [6.07, 6.45) is 0.928. The predicted octanol–water partition coefficient (Wildman–Crippen LogP) is 2.75. The number of nitriles is 1. The molecule has 1 aliphatic heterocycles. The van der Waals surface area contributed by atoms with Crippen LogP contribution in [0.1, 0.15) is 62.6 Å². The minimum absolute atomic E-state index is 0.00615. The Bertz CT molecular complexity index is 1480. The number of hydrogen-bond acceptors (Lipinski definition) is 6. The van der Waals surface area contributed by atoms with Crippen LogP contribution < -0.4 is 10.6 Å². The van der Waals surface area contributed by atoms with Crippen molar-refractivity contribution in [2.24, 2.45) is 0 Å². The third-order valence-electron chi connectivity index (χ3n) is 6.78. The summed E-state index contributed by atoms with van der Waals surface area (Å²) >= 11 is 0. The zero-order valence-corrected chi connectivity index (χ0v) is 19.5. The molecule has 13 heteroatoms. The number of carbonyl (C=O) groups is 3. The molecule has 1 aromatic carbocycles. The molecule has 2 aromatic heterocycles. The number of H-pyrrole nitrogens is 1. The van der Waals surface area contributed by atoms with Gasteiger partial charge in [0.05, 0.1) is 22.4 Å². The molecule has 10 nitrogen and oxygen atoms in total. The lowest BCUT2D eigenvalue weighted by Gasteiger charge is -2.46. The van der Waals surface area contributed by atoms with Gasteiger partial charge in [-0.15, -0.1) is 5.10 Å². The van der Waals surface area contributed by atoms with E-state index in [-0.39, 0.29) is 33.8 Å². The van der Waals surface area contributed by atoms with Crippen LogP contribution in [0.25, 0.3) is 0 Å². The second-order valence-corrected chi connectivity index (χ2v) is 9.24. The van der Waals surface area contributed by atoms with Crippen LogP contribution in [0.15, 0.2) is 24.4 Å². The second-order valence-electron chi connectivity index (χ2n) is 9.24. The molecular weight excluding hydrogens is 491 g/mol. The number of amides is 2. The minimum atomic E-state index is -3.03. The average Bonchev–Trinajstić information content (AvgIpc) is 3.56. The molecule has 190 valence electrons. The minimum Gasteiger partial charge on any atom is -0.341 e. The van der Waals surface area contributed by atoms with E-state index in [1.54, 1.807) is 10.6 Å². The Balaban J connectivity index is 1.43. The van der Waals surface area contributed by atoms with Gasteiger partial charge in [0.2, 0.25) is 0 Å². The maximum atomic E-state index is 13.8. The van der Waals surface area contributed by atoms with Crippen LogP contribution >= 0.6 is 0 Å². The number of aromatic amines is 1. The number of halogens is 3. The van der Waals surface area contributed by atoms with Crippen molar-refractivity contribution in [2.45, 2.75) is 50.6 Å². The van der Waals surface area contributed by atoms with E-state index < -0.39 is 47.7 Å². The van der Waals surface area contributed by atoms with E-state index in [1.807, 2.05) is 0 Å². The van der Waals surface area contributed by atoms with Gasteiger partial charge < -0.3 is 15.2 Å². The maximum absolute atomic E-state index is 13.8. The van der Waals surface area contributed by atoms with Gasteiger partial charge in [0.25, 0.3) is 23.5 Å². The lowest BCUT2D eigenvalue weighted by Crippen LogP contribution is -2.61. The van der Waals surface area contributed by atoms with Crippen LogP contribution in [0.3, 0.4) is 0 Å². The number of aromatic nitrogens is 4. The standard InChI is InChI=1S/C24H20F3N7O3/c1-12-18(21(36)30-14-4-5-15(25)13(7-14)8-28)16-3-2-6-34(16)19(12)20(35)22(37)31-23(10-24(26,27)11-23)17-9-29-33-32-17/h4-5,7,9H,2-3,6,10-11H2,1H3,(H,30,36)(H,31,37)(H,29,32,33). The van der Waals surface area contributed by atoms with Crippen LogP contribution in [0.4, 0.5) is 18.9 Å². The van der Waals surface area contributed by atoms with Crippen molar-refractivity contribution in [1.82, 2.24) is 25.3 Å². The molecule has 0 saturated heterocycles. The fraction of sp³-hybridized carbons (Fsp3) is 0.333.